The lowest BCUT2D eigenvalue weighted by Crippen LogP contribution is -2.38. The predicted octanol–water partition coefficient (Wildman–Crippen LogP) is 5.43. The van der Waals surface area contributed by atoms with Crippen LogP contribution in [-0.4, -0.2) is 42.2 Å². The molecule has 0 spiro atoms. The second kappa shape index (κ2) is 11.3. The maximum Gasteiger partial charge on any atom is 0.264 e. The van der Waals surface area contributed by atoms with Crippen molar-refractivity contribution < 1.29 is 18.3 Å². The van der Waals surface area contributed by atoms with Gasteiger partial charge in [0.15, 0.2) is 0 Å². The number of hydrogen-bond acceptors (Lipinski definition) is 3. The van der Waals surface area contributed by atoms with Crippen LogP contribution < -0.4 is 5.73 Å². The highest BCUT2D eigenvalue weighted by molar-refractivity contribution is 6.07. The second-order valence-corrected chi connectivity index (χ2v) is 8.73. The fraction of sp³-hybridized carbons (Fsp3) is 0.423. The largest absolute Gasteiger partial charge is 0.383 e. The molecular formula is C26H32ClF2N3O2. The van der Waals surface area contributed by atoms with Crippen LogP contribution in [0.3, 0.4) is 0 Å². The van der Waals surface area contributed by atoms with Gasteiger partial charge in [0.05, 0.1) is 17.7 Å². The van der Waals surface area contributed by atoms with Gasteiger partial charge in [0, 0.05) is 50.4 Å². The quantitative estimate of drug-likeness (QED) is 0.479. The molecule has 2 aromatic carbocycles. The Hall–Kier alpha value is -2.48. The summed E-state index contributed by atoms with van der Waals surface area (Å²) in [4.78, 5) is 15.3. The number of halogens is 3. The van der Waals surface area contributed by atoms with Crippen molar-refractivity contribution in [2.24, 2.45) is 5.73 Å². The van der Waals surface area contributed by atoms with Gasteiger partial charge >= 0.3 is 0 Å². The zero-order valence-electron chi connectivity index (χ0n) is 19.6. The Morgan fingerprint density at radius 3 is 2.59 bits per heavy atom. The lowest BCUT2D eigenvalue weighted by molar-refractivity contribution is 0.0712. The molecule has 8 heteroatoms. The second-order valence-electron chi connectivity index (χ2n) is 8.73. The molecule has 4 rings (SSSR count). The van der Waals surface area contributed by atoms with Crippen molar-refractivity contribution in [1.29, 1.82) is 0 Å². The number of para-hydroxylation sites is 1. The number of nitrogens with two attached hydrogens (primary N) is 1. The van der Waals surface area contributed by atoms with Gasteiger partial charge in [0.25, 0.3) is 12.3 Å². The molecule has 0 bridgehead atoms. The Bertz CT molecular complexity index is 1140. The van der Waals surface area contributed by atoms with Crippen LogP contribution in [0.2, 0.25) is 0 Å². The summed E-state index contributed by atoms with van der Waals surface area (Å²) in [7, 11) is 1.66. The number of amides is 1. The Morgan fingerprint density at radius 1 is 1.21 bits per heavy atom. The summed E-state index contributed by atoms with van der Waals surface area (Å²) < 4.78 is 34.5. The number of benzene rings is 2. The van der Waals surface area contributed by atoms with Crippen LogP contribution in [-0.2, 0) is 17.8 Å². The molecule has 1 aromatic heterocycles. The van der Waals surface area contributed by atoms with E-state index in [2.05, 4.69) is 4.57 Å². The number of likely N-dealkylation sites (tertiary alicyclic amines) is 1. The highest BCUT2D eigenvalue weighted by Gasteiger charge is 2.29. The lowest BCUT2D eigenvalue weighted by atomic mass is 9.85. The van der Waals surface area contributed by atoms with Gasteiger partial charge in [-0.25, -0.2) is 8.78 Å². The van der Waals surface area contributed by atoms with E-state index in [-0.39, 0.29) is 29.8 Å². The van der Waals surface area contributed by atoms with E-state index in [9.17, 15) is 13.6 Å². The third-order valence-corrected chi connectivity index (χ3v) is 6.71. The van der Waals surface area contributed by atoms with Crippen LogP contribution in [0.25, 0.3) is 10.9 Å². The highest BCUT2D eigenvalue weighted by atomic mass is 35.5. The van der Waals surface area contributed by atoms with E-state index in [4.69, 9.17) is 10.5 Å². The topological polar surface area (TPSA) is 60.5 Å². The zero-order chi connectivity index (χ0) is 23.5. The molecule has 0 atom stereocenters. The molecule has 1 fully saturated rings. The van der Waals surface area contributed by atoms with Crippen molar-refractivity contribution in [3.8, 4) is 0 Å². The van der Waals surface area contributed by atoms with Gasteiger partial charge in [-0.15, -0.1) is 12.4 Å². The van der Waals surface area contributed by atoms with Gasteiger partial charge in [-0.2, -0.15) is 0 Å². The molecular weight excluding hydrogens is 460 g/mol. The van der Waals surface area contributed by atoms with E-state index in [1.807, 2.05) is 42.3 Å². The molecule has 3 aromatic rings. The lowest BCUT2D eigenvalue weighted by Gasteiger charge is -2.33. The molecule has 34 heavy (non-hydrogen) atoms. The van der Waals surface area contributed by atoms with Gasteiger partial charge in [-0.3, -0.25) is 4.79 Å². The van der Waals surface area contributed by atoms with Crippen molar-refractivity contribution in [3.63, 3.8) is 0 Å². The fourth-order valence-electron chi connectivity index (χ4n) is 4.95. The molecule has 1 saturated heterocycles. The van der Waals surface area contributed by atoms with Gasteiger partial charge in [-0.05, 0) is 42.4 Å². The number of nitrogens with zero attached hydrogens (tertiary/aromatic N) is 2. The summed E-state index contributed by atoms with van der Waals surface area (Å²) >= 11 is 0. The van der Waals surface area contributed by atoms with E-state index in [1.54, 1.807) is 13.2 Å². The number of piperidine rings is 1. The van der Waals surface area contributed by atoms with E-state index in [0.717, 1.165) is 22.0 Å². The first-order valence-electron chi connectivity index (χ1n) is 11.4. The Balaban J connectivity index is 0.00000324. The predicted molar refractivity (Wildman–Crippen MR) is 133 cm³/mol. The SMILES string of the molecule is COCCn1cc(C(=O)N2CCC(c3cc(CN)ccc3C(F)F)CC2)c2cccc(C)c21.Cl. The van der Waals surface area contributed by atoms with Crippen LogP contribution in [0, 0.1) is 6.92 Å². The van der Waals surface area contributed by atoms with Gasteiger partial charge in [0.1, 0.15) is 0 Å². The van der Waals surface area contributed by atoms with Crippen LogP contribution in [0.5, 0.6) is 0 Å². The van der Waals surface area contributed by atoms with Crippen molar-refractivity contribution >= 4 is 29.2 Å². The number of ether oxygens (including phenoxy) is 1. The summed E-state index contributed by atoms with van der Waals surface area (Å²) in [5, 5.41) is 0.939. The third-order valence-electron chi connectivity index (χ3n) is 6.71. The Morgan fingerprint density at radius 2 is 1.94 bits per heavy atom. The normalized spacial score (nSPS) is 14.6. The molecule has 1 aliphatic rings. The first-order valence-corrected chi connectivity index (χ1v) is 11.4. The molecule has 0 radical (unpaired) electrons. The molecule has 0 unspecified atom stereocenters. The number of aromatic nitrogens is 1. The maximum absolute atomic E-state index is 13.6. The van der Waals surface area contributed by atoms with Crippen molar-refractivity contribution in [3.05, 3.63) is 70.4 Å². The monoisotopic (exact) mass is 491 g/mol. The van der Waals surface area contributed by atoms with Crippen LogP contribution in [0.4, 0.5) is 8.78 Å². The molecule has 5 nitrogen and oxygen atoms in total. The molecule has 1 aliphatic heterocycles. The fourth-order valence-corrected chi connectivity index (χ4v) is 4.95. The van der Waals surface area contributed by atoms with Gasteiger partial charge < -0.3 is 19.9 Å². The Labute approximate surface area is 205 Å². The summed E-state index contributed by atoms with van der Waals surface area (Å²) in [5.41, 5.74) is 10.2. The standard InChI is InChI=1S/C26H31F2N3O2.ClH/c1-17-4-3-5-20-23(16-31(24(17)20)12-13-33-2)26(32)30-10-8-19(9-11-30)22-14-18(15-29)6-7-21(22)25(27)28;/h3-7,14,16,19,25H,8-13,15,29H2,1-2H3;1H. The minimum absolute atomic E-state index is 0. The van der Waals surface area contributed by atoms with E-state index in [0.29, 0.717) is 56.8 Å². The molecule has 0 saturated carbocycles. The summed E-state index contributed by atoms with van der Waals surface area (Å²) in [6, 6.07) is 11.0. The number of rotatable bonds is 7. The van der Waals surface area contributed by atoms with Crippen molar-refractivity contribution in [1.82, 2.24) is 9.47 Å². The first-order chi connectivity index (χ1) is 15.9. The molecule has 0 aliphatic carbocycles. The summed E-state index contributed by atoms with van der Waals surface area (Å²) in [6.45, 7) is 4.67. The number of fused-ring (bicyclic) bond motifs is 1. The van der Waals surface area contributed by atoms with Gasteiger partial charge in [0.2, 0.25) is 0 Å². The average molecular weight is 492 g/mol. The molecule has 184 valence electrons. The van der Waals surface area contributed by atoms with E-state index < -0.39 is 6.43 Å². The number of aryl methyl sites for hydroxylation is 1. The van der Waals surface area contributed by atoms with Gasteiger partial charge in [-0.1, -0.05) is 36.4 Å². The van der Waals surface area contributed by atoms with Crippen LogP contribution in [0.15, 0.2) is 42.6 Å². The number of hydrogen-bond donors (Lipinski definition) is 1. The van der Waals surface area contributed by atoms with Crippen molar-refractivity contribution in [2.75, 3.05) is 26.8 Å². The number of carbonyl (C=O) groups is 1. The minimum Gasteiger partial charge on any atom is -0.383 e. The first kappa shape index (κ1) is 26.1. The summed E-state index contributed by atoms with van der Waals surface area (Å²) in [5.74, 6) is -0.0140. The van der Waals surface area contributed by atoms with Crippen LogP contribution >= 0.6 is 12.4 Å². The number of methoxy groups -OCH3 is 1. The van der Waals surface area contributed by atoms with Crippen LogP contribution in [0.1, 0.15) is 57.8 Å². The molecule has 2 heterocycles. The number of carbonyl (C=O) groups excluding carboxylic acids is 1. The Kier molecular flexibility index (Phi) is 8.68. The summed E-state index contributed by atoms with van der Waals surface area (Å²) in [6.07, 6.45) is 0.708. The van der Waals surface area contributed by atoms with E-state index in [1.165, 1.54) is 6.07 Å². The van der Waals surface area contributed by atoms with E-state index >= 15 is 0 Å². The zero-order valence-corrected chi connectivity index (χ0v) is 20.4. The molecule has 1 amide bonds. The third kappa shape index (κ3) is 5.11. The van der Waals surface area contributed by atoms with Crippen molar-refractivity contribution in [2.45, 2.75) is 45.2 Å². The molecule has 2 N–H and O–H groups in total. The maximum atomic E-state index is 13.6. The minimum atomic E-state index is -2.52. The average Bonchev–Trinajstić information content (AvgIpc) is 3.21. The smallest absolute Gasteiger partial charge is 0.264 e. The number of alkyl halides is 2. The highest BCUT2D eigenvalue weighted by Crippen LogP contribution is 2.36.